The van der Waals surface area contributed by atoms with Gasteiger partial charge in [-0.3, -0.25) is 4.79 Å². The minimum absolute atomic E-state index is 0.0296. The van der Waals surface area contributed by atoms with Crippen molar-refractivity contribution in [3.05, 3.63) is 21.3 Å². The summed E-state index contributed by atoms with van der Waals surface area (Å²) in [6, 6.07) is 3.70. The normalized spacial score (nSPS) is 12.5. The second-order valence-corrected chi connectivity index (χ2v) is 5.04. The van der Waals surface area contributed by atoms with Crippen LogP contribution in [0.2, 0.25) is 4.34 Å². The van der Waals surface area contributed by atoms with Crippen LogP contribution in [0.4, 0.5) is 0 Å². The summed E-state index contributed by atoms with van der Waals surface area (Å²) in [6.45, 7) is 3.11. The average molecular weight is 247 g/mol. The maximum Gasteiger partial charge on any atom is 0.228 e. The molecule has 84 valence electrons. The third-order valence-electron chi connectivity index (χ3n) is 2.09. The molecule has 3 N–H and O–H groups in total. The lowest BCUT2D eigenvalue weighted by atomic mass is 10.1. The molecule has 0 aliphatic rings. The first-order chi connectivity index (χ1) is 7.15. The molecule has 0 aliphatic carbocycles. The van der Waals surface area contributed by atoms with Crippen molar-refractivity contribution in [3.63, 3.8) is 0 Å². The third kappa shape index (κ3) is 3.81. The van der Waals surface area contributed by atoms with Gasteiger partial charge in [0.2, 0.25) is 5.91 Å². The van der Waals surface area contributed by atoms with E-state index in [1.807, 2.05) is 19.1 Å². The zero-order chi connectivity index (χ0) is 11.3. The lowest BCUT2D eigenvalue weighted by Gasteiger charge is -2.09. The Morgan fingerprint density at radius 3 is 2.93 bits per heavy atom. The fourth-order valence-electron chi connectivity index (χ4n) is 1.16. The van der Waals surface area contributed by atoms with Crippen molar-refractivity contribution in [3.8, 4) is 0 Å². The summed E-state index contributed by atoms with van der Waals surface area (Å²) in [5.41, 5.74) is 5.34. The molecule has 3 nitrogen and oxygen atoms in total. The first kappa shape index (κ1) is 12.5. The van der Waals surface area contributed by atoms with E-state index in [4.69, 9.17) is 17.3 Å². The molecule has 1 unspecified atom stereocenters. The summed E-state index contributed by atoms with van der Waals surface area (Å²) in [5, 5.41) is 2.84. The Hall–Kier alpha value is -0.580. The van der Waals surface area contributed by atoms with Crippen molar-refractivity contribution in [2.24, 2.45) is 5.73 Å². The number of carbonyl (C=O) groups excluding carboxylic acids is 1. The SMILES string of the molecule is CC(C(=O)NCCCN)c1ccc(Cl)s1. The number of rotatable bonds is 5. The van der Waals surface area contributed by atoms with Crippen LogP contribution in [0.25, 0.3) is 0 Å². The van der Waals surface area contributed by atoms with Crippen LogP contribution in [0.1, 0.15) is 24.1 Å². The summed E-state index contributed by atoms with van der Waals surface area (Å²) in [4.78, 5) is 12.6. The minimum Gasteiger partial charge on any atom is -0.356 e. The maximum absolute atomic E-state index is 11.6. The van der Waals surface area contributed by atoms with Crippen molar-refractivity contribution in [1.82, 2.24) is 5.32 Å². The second-order valence-electron chi connectivity index (χ2n) is 3.30. The molecule has 1 amide bonds. The van der Waals surface area contributed by atoms with E-state index in [-0.39, 0.29) is 11.8 Å². The third-order valence-corrected chi connectivity index (χ3v) is 3.51. The molecule has 0 spiro atoms. The highest BCUT2D eigenvalue weighted by molar-refractivity contribution is 7.16. The monoisotopic (exact) mass is 246 g/mol. The van der Waals surface area contributed by atoms with Crippen molar-refractivity contribution < 1.29 is 4.79 Å². The predicted octanol–water partition coefficient (Wildman–Crippen LogP) is 1.97. The van der Waals surface area contributed by atoms with Gasteiger partial charge < -0.3 is 11.1 Å². The molecule has 1 aromatic heterocycles. The van der Waals surface area contributed by atoms with E-state index in [9.17, 15) is 4.79 Å². The highest BCUT2D eigenvalue weighted by Gasteiger charge is 2.16. The quantitative estimate of drug-likeness (QED) is 0.781. The molecule has 0 saturated carbocycles. The van der Waals surface area contributed by atoms with Crippen LogP contribution < -0.4 is 11.1 Å². The van der Waals surface area contributed by atoms with Crippen molar-refractivity contribution >= 4 is 28.8 Å². The van der Waals surface area contributed by atoms with E-state index in [0.717, 1.165) is 11.3 Å². The van der Waals surface area contributed by atoms with E-state index in [2.05, 4.69) is 5.32 Å². The van der Waals surface area contributed by atoms with Crippen LogP contribution in [0.3, 0.4) is 0 Å². The lowest BCUT2D eigenvalue weighted by molar-refractivity contribution is -0.122. The van der Waals surface area contributed by atoms with Gasteiger partial charge in [-0.15, -0.1) is 11.3 Å². The Labute approximate surface area is 98.6 Å². The first-order valence-corrected chi connectivity index (χ1v) is 6.07. The standard InChI is InChI=1S/C10H15ClN2OS/c1-7(8-3-4-9(11)15-8)10(14)13-6-2-5-12/h3-4,7H,2,5-6,12H2,1H3,(H,13,14). The predicted molar refractivity (Wildman–Crippen MR) is 64.4 cm³/mol. The largest absolute Gasteiger partial charge is 0.356 e. The molecule has 1 rings (SSSR count). The van der Waals surface area contributed by atoms with Crippen LogP contribution in [0.5, 0.6) is 0 Å². The molecule has 1 aromatic rings. The number of halogens is 1. The summed E-state index contributed by atoms with van der Waals surface area (Å²) in [7, 11) is 0. The fraction of sp³-hybridized carbons (Fsp3) is 0.500. The van der Waals surface area contributed by atoms with Gasteiger partial charge in [0.25, 0.3) is 0 Å². The molecule has 1 atom stereocenters. The van der Waals surface area contributed by atoms with Crippen LogP contribution >= 0.6 is 22.9 Å². The summed E-state index contributed by atoms with van der Waals surface area (Å²) in [6.07, 6.45) is 0.809. The molecule has 0 aromatic carbocycles. The summed E-state index contributed by atoms with van der Waals surface area (Å²) in [5.74, 6) is -0.109. The Kier molecular flexibility index (Phi) is 5.08. The smallest absolute Gasteiger partial charge is 0.228 e. The van der Waals surface area contributed by atoms with Gasteiger partial charge in [0.05, 0.1) is 10.3 Å². The van der Waals surface area contributed by atoms with E-state index in [0.29, 0.717) is 17.4 Å². The highest BCUT2D eigenvalue weighted by atomic mass is 35.5. The van der Waals surface area contributed by atoms with E-state index >= 15 is 0 Å². The zero-order valence-corrected chi connectivity index (χ0v) is 10.2. The number of nitrogens with two attached hydrogens (primary N) is 1. The van der Waals surface area contributed by atoms with Gasteiger partial charge in [0, 0.05) is 11.4 Å². The van der Waals surface area contributed by atoms with Crippen LogP contribution in [-0.2, 0) is 4.79 Å². The Morgan fingerprint density at radius 2 is 2.40 bits per heavy atom. The van der Waals surface area contributed by atoms with Crippen molar-refractivity contribution in [2.75, 3.05) is 13.1 Å². The molecule has 0 saturated heterocycles. The maximum atomic E-state index is 11.6. The molecule has 1 heterocycles. The van der Waals surface area contributed by atoms with Gasteiger partial charge in [-0.25, -0.2) is 0 Å². The van der Waals surface area contributed by atoms with Crippen LogP contribution in [0, 0.1) is 0 Å². The van der Waals surface area contributed by atoms with E-state index in [1.165, 1.54) is 11.3 Å². The number of amides is 1. The van der Waals surface area contributed by atoms with Gasteiger partial charge >= 0.3 is 0 Å². The number of nitrogens with one attached hydrogen (secondary N) is 1. The highest BCUT2D eigenvalue weighted by Crippen LogP contribution is 2.27. The molecule has 5 heteroatoms. The van der Waals surface area contributed by atoms with Gasteiger partial charge in [-0.1, -0.05) is 11.6 Å². The molecular weight excluding hydrogens is 232 g/mol. The molecular formula is C10H15ClN2OS. The van der Waals surface area contributed by atoms with Gasteiger partial charge in [0.15, 0.2) is 0 Å². The molecule has 0 bridgehead atoms. The summed E-state index contributed by atoms with van der Waals surface area (Å²) < 4.78 is 0.714. The molecule has 0 radical (unpaired) electrons. The van der Waals surface area contributed by atoms with Gasteiger partial charge in [-0.05, 0) is 32.0 Å². The van der Waals surface area contributed by atoms with Crippen molar-refractivity contribution in [1.29, 1.82) is 0 Å². The molecule has 0 fully saturated rings. The minimum atomic E-state index is -0.139. The first-order valence-electron chi connectivity index (χ1n) is 4.88. The fourth-order valence-corrected chi connectivity index (χ4v) is 2.27. The average Bonchev–Trinajstić information content (AvgIpc) is 2.64. The summed E-state index contributed by atoms with van der Waals surface area (Å²) >= 11 is 7.25. The topological polar surface area (TPSA) is 55.1 Å². The van der Waals surface area contributed by atoms with Gasteiger partial charge in [-0.2, -0.15) is 0 Å². The number of hydrogen-bond acceptors (Lipinski definition) is 3. The molecule has 15 heavy (non-hydrogen) atoms. The zero-order valence-electron chi connectivity index (χ0n) is 8.63. The Bertz CT molecular complexity index is 327. The number of carbonyl (C=O) groups is 1. The Balaban J connectivity index is 2.46. The lowest BCUT2D eigenvalue weighted by Crippen LogP contribution is -2.29. The Morgan fingerprint density at radius 1 is 1.67 bits per heavy atom. The van der Waals surface area contributed by atoms with Crippen molar-refractivity contribution in [2.45, 2.75) is 19.3 Å². The molecule has 0 aliphatic heterocycles. The number of thiophene rings is 1. The van der Waals surface area contributed by atoms with Crippen LogP contribution in [0.15, 0.2) is 12.1 Å². The van der Waals surface area contributed by atoms with Crippen LogP contribution in [-0.4, -0.2) is 19.0 Å². The second kappa shape index (κ2) is 6.10. The number of hydrogen-bond donors (Lipinski definition) is 2. The van der Waals surface area contributed by atoms with E-state index < -0.39 is 0 Å². The van der Waals surface area contributed by atoms with E-state index in [1.54, 1.807) is 0 Å². The van der Waals surface area contributed by atoms with Gasteiger partial charge in [0.1, 0.15) is 0 Å².